The summed E-state index contributed by atoms with van der Waals surface area (Å²) in [5.74, 6) is -0.141. The van der Waals surface area contributed by atoms with E-state index in [4.69, 9.17) is 12.2 Å². The number of rotatable bonds is 3. The fraction of sp³-hybridized carbons (Fsp3) is 0.227. The summed E-state index contributed by atoms with van der Waals surface area (Å²) in [6, 6.07) is 14.6. The molecule has 2 aliphatic heterocycles. The fourth-order valence-electron chi connectivity index (χ4n) is 3.78. The zero-order chi connectivity index (χ0) is 20.7. The van der Waals surface area contributed by atoms with Crippen LogP contribution in [-0.4, -0.2) is 57.9 Å². The summed E-state index contributed by atoms with van der Waals surface area (Å²) >= 11 is 6.36. The largest absolute Gasteiger partial charge is 0.369 e. The molecule has 2 aliphatic rings. The lowest BCUT2D eigenvalue weighted by Gasteiger charge is -2.34. The van der Waals surface area contributed by atoms with Gasteiger partial charge in [-0.1, -0.05) is 30.0 Å². The van der Waals surface area contributed by atoms with E-state index in [0.717, 1.165) is 48.5 Å². The zero-order valence-corrected chi connectivity index (χ0v) is 18.2. The van der Waals surface area contributed by atoms with Crippen LogP contribution < -0.4 is 10.2 Å². The summed E-state index contributed by atoms with van der Waals surface area (Å²) < 4.78 is 2.58. The van der Waals surface area contributed by atoms with Crippen LogP contribution >= 0.6 is 24.0 Å². The minimum atomic E-state index is -0.141. The lowest BCUT2D eigenvalue weighted by Crippen LogP contribution is -2.44. The van der Waals surface area contributed by atoms with Gasteiger partial charge >= 0.3 is 0 Å². The topological polar surface area (TPSA) is 53.4 Å². The Morgan fingerprint density at radius 3 is 2.50 bits per heavy atom. The van der Waals surface area contributed by atoms with Crippen molar-refractivity contribution in [2.24, 2.45) is 0 Å². The standard InChI is InChI=1S/C22H21N5OS2/c1-25-8-10-26(11-9-25)16-3-5-17(6-4-16)27-14-23-18-7-2-15(12-19(18)27)13-20-21(28)24-22(29)30-20/h2-7,12-14H,8-11H2,1H3,(H,24,28,29). The first kappa shape index (κ1) is 19.3. The first-order valence-electron chi connectivity index (χ1n) is 9.83. The molecule has 0 bridgehead atoms. The summed E-state index contributed by atoms with van der Waals surface area (Å²) in [5, 5.41) is 2.65. The average molecular weight is 436 g/mol. The van der Waals surface area contributed by atoms with Crippen LogP contribution in [0.25, 0.3) is 22.8 Å². The average Bonchev–Trinajstić information content (AvgIpc) is 3.31. The van der Waals surface area contributed by atoms with E-state index < -0.39 is 0 Å². The van der Waals surface area contributed by atoms with E-state index in [1.165, 1.54) is 17.4 Å². The van der Waals surface area contributed by atoms with Gasteiger partial charge in [-0.3, -0.25) is 9.36 Å². The Bertz CT molecular complexity index is 1160. The molecule has 2 aromatic carbocycles. The molecule has 0 spiro atoms. The highest BCUT2D eigenvalue weighted by Crippen LogP contribution is 2.28. The normalized spacial score (nSPS) is 19.1. The number of aromatic nitrogens is 2. The number of hydrogen-bond acceptors (Lipinski definition) is 6. The zero-order valence-electron chi connectivity index (χ0n) is 16.5. The number of nitrogens with zero attached hydrogens (tertiary/aromatic N) is 4. The molecule has 0 aliphatic carbocycles. The molecule has 6 nitrogen and oxygen atoms in total. The molecule has 5 rings (SSSR count). The minimum Gasteiger partial charge on any atom is -0.369 e. The molecule has 152 valence electrons. The van der Waals surface area contributed by atoms with Crippen molar-refractivity contribution >= 4 is 57.0 Å². The molecule has 3 heterocycles. The van der Waals surface area contributed by atoms with E-state index in [0.29, 0.717) is 9.23 Å². The number of likely N-dealkylation sites (N-methyl/N-ethyl adjacent to an activating group) is 1. The highest BCUT2D eigenvalue weighted by atomic mass is 32.2. The maximum Gasteiger partial charge on any atom is 0.263 e. The van der Waals surface area contributed by atoms with Crippen LogP contribution in [0.2, 0.25) is 0 Å². The number of carbonyl (C=O) groups is 1. The SMILES string of the molecule is CN1CCN(c2ccc(-n3cnc4ccc(C=C5SC(=S)NC5=O)cc43)cc2)CC1. The molecule has 0 radical (unpaired) electrons. The first-order chi connectivity index (χ1) is 14.6. The minimum absolute atomic E-state index is 0.141. The molecule has 2 saturated heterocycles. The summed E-state index contributed by atoms with van der Waals surface area (Å²) in [6.45, 7) is 4.29. The van der Waals surface area contributed by atoms with E-state index in [9.17, 15) is 4.79 Å². The number of thiocarbonyl (C=S) groups is 1. The number of thioether (sulfide) groups is 1. The van der Waals surface area contributed by atoms with Gasteiger partial charge < -0.3 is 15.1 Å². The van der Waals surface area contributed by atoms with Gasteiger partial charge in [0.25, 0.3) is 5.91 Å². The molecule has 0 atom stereocenters. The molecule has 0 unspecified atom stereocenters. The lowest BCUT2D eigenvalue weighted by molar-refractivity contribution is -0.115. The number of imidazole rings is 1. The fourth-order valence-corrected chi connectivity index (χ4v) is 4.83. The van der Waals surface area contributed by atoms with Gasteiger partial charge in [0.15, 0.2) is 0 Å². The van der Waals surface area contributed by atoms with Crippen LogP contribution in [0.1, 0.15) is 5.56 Å². The van der Waals surface area contributed by atoms with Gasteiger partial charge in [-0.15, -0.1) is 0 Å². The van der Waals surface area contributed by atoms with Gasteiger partial charge in [-0.05, 0) is 55.1 Å². The molecule has 0 saturated carbocycles. The van der Waals surface area contributed by atoms with Gasteiger partial charge in [0.1, 0.15) is 10.6 Å². The van der Waals surface area contributed by atoms with Crippen molar-refractivity contribution in [3.63, 3.8) is 0 Å². The van der Waals surface area contributed by atoms with E-state index in [1.54, 1.807) is 0 Å². The van der Waals surface area contributed by atoms with E-state index in [2.05, 4.69) is 62.0 Å². The van der Waals surface area contributed by atoms with Gasteiger partial charge in [0.05, 0.1) is 15.9 Å². The Morgan fingerprint density at radius 2 is 1.80 bits per heavy atom. The van der Waals surface area contributed by atoms with Crippen LogP contribution in [0.4, 0.5) is 5.69 Å². The van der Waals surface area contributed by atoms with Gasteiger partial charge in [0, 0.05) is 37.6 Å². The molecule has 1 aromatic heterocycles. The number of piperazine rings is 1. The molecule has 3 aromatic rings. The third-order valence-corrected chi connectivity index (χ3v) is 6.67. The molecular weight excluding hydrogens is 414 g/mol. The number of fused-ring (bicyclic) bond motifs is 1. The van der Waals surface area contributed by atoms with Crippen molar-refractivity contribution < 1.29 is 4.79 Å². The Balaban J connectivity index is 1.44. The predicted molar refractivity (Wildman–Crippen MR) is 127 cm³/mol. The molecule has 1 N–H and O–H groups in total. The van der Waals surface area contributed by atoms with Gasteiger partial charge in [-0.2, -0.15) is 0 Å². The maximum absolute atomic E-state index is 12.0. The second-order valence-corrected chi connectivity index (χ2v) is 9.24. The van der Waals surface area contributed by atoms with Crippen molar-refractivity contribution in [3.05, 3.63) is 59.3 Å². The smallest absolute Gasteiger partial charge is 0.263 e. The van der Waals surface area contributed by atoms with Crippen molar-refractivity contribution in [3.8, 4) is 5.69 Å². The highest BCUT2D eigenvalue weighted by Gasteiger charge is 2.22. The van der Waals surface area contributed by atoms with Crippen molar-refractivity contribution in [2.75, 3.05) is 38.1 Å². The van der Waals surface area contributed by atoms with Crippen LogP contribution in [0.3, 0.4) is 0 Å². The number of nitrogens with one attached hydrogen (secondary N) is 1. The second kappa shape index (κ2) is 7.86. The van der Waals surface area contributed by atoms with Crippen LogP contribution in [0.15, 0.2) is 53.7 Å². The van der Waals surface area contributed by atoms with E-state index in [-0.39, 0.29) is 5.91 Å². The number of amides is 1. The van der Waals surface area contributed by atoms with Crippen molar-refractivity contribution in [1.29, 1.82) is 0 Å². The number of benzene rings is 2. The van der Waals surface area contributed by atoms with Gasteiger partial charge in [0.2, 0.25) is 0 Å². The molecule has 2 fully saturated rings. The molecule has 1 amide bonds. The second-order valence-electron chi connectivity index (χ2n) is 7.52. The summed E-state index contributed by atoms with van der Waals surface area (Å²) in [6.07, 6.45) is 3.71. The Labute approximate surface area is 184 Å². The molecule has 8 heteroatoms. The van der Waals surface area contributed by atoms with Crippen LogP contribution in [-0.2, 0) is 4.79 Å². The maximum atomic E-state index is 12.0. The number of hydrogen-bond donors (Lipinski definition) is 1. The van der Waals surface area contributed by atoms with Gasteiger partial charge in [-0.25, -0.2) is 4.98 Å². The monoisotopic (exact) mass is 435 g/mol. The number of carbonyl (C=O) groups excluding carboxylic acids is 1. The van der Waals surface area contributed by atoms with Crippen LogP contribution in [0.5, 0.6) is 0 Å². The Hall–Kier alpha value is -2.68. The quantitative estimate of drug-likeness (QED) is 0.503. The molecule has 30 heavy (non-hydrogen) atoms. The molecular formula is C22H21N5OS2. The summed E-state index contributed by atoms with van der Waals surface area (Å²) in [5.41, 5.74) is 5.18. The van der Waals surface area contributed by atoms with E-state index in [1.807, 2.05) is 24.5 Å². The first-order valence-corrected chi connectivity index (χ1v) is 11.1. The summed E-state index contributed by atoms with van der Waals surface area (Å²) in [4.78, 5) is 21.9. The predicted octanol–water partition coefficient (Wildman–Crippen LogP) is 3.27. The lowest BCUT2D eigenvalue weighted by atomic mass is 10.1. The third-order valence-electron chi connectivity index (χ3n) is 5.51. The summed E-state index contributed by atoms with van der Waals surface area (Å²) in [7, 11) is 2.17. The Morgan fingerprint density at radius 1 is 1.07 bits per heavy atom. The van der Waals surface area contributed by atoms with E-state index >= 15 is 0 Å². The highest BCUT2D eigenvalue weighted by molar-refractivity contribution is 8.26. The van der Waals surface area contributed by atoms with Crippen molar-refractivity contribution in [1.82, 2.24) is 19.8 Å². The van der Waals surface area contributed by atoms with Crippen molar-refractivity contribution in [2.45, 2.75) is 0 Å². The Kier molecular flexibility index (Phi) is 5.06. The third kappa shape index (κ3) is 3.74. The number of anilines is 1. The van der Waals surface area contributed by atoms with Crippen LogP contribution in [0, 0.1) is 0 Å².